The summed E-state index contributed by atoms with van der Waals surface area (Å²) in [6.45, 7) is 3.50. The van der Waals surface area contributed by atoms with Crippen molar-refractivity contribution < 1.29 is 19.0 Å². The third-order valence-corrected chi connectivity index (χ3v) is 1.81. The van der Waals surface area contributed by atoms with E-state index < -0.39 is 0 Å². The summed E-state index contributed by atoms with van der Waals surface area (Å²) < 4.78 is 14.6. The van der Waals surface area contributed by atoms with Crippen LogP contribution < -0.4 is 5.32 Å². The van der Waals surface area contributed by atoms with Crippen molar-refractivity contribution in [3.05, 3.63) is 0 Å². The topological polar surface area (TPSA) is 56.8 Å². The lowest BCUT2D eigenvalue weighted by Gasteiger charge is -2.05. The van der Waals surface area contributed by atoms with Gasteiger partial charge < -0.3 is 19.5 Å². The van der Waals surface area contributed by atoms with Gasteiger partial charge in [-0.3, -0.25) is 4.79 Å². The third kappa shape index (κ3) is 11.3. The zero-order chi connectivity index (χ0) is 11.4. The van der Waals surface area contributed by atoms with E-state index in [2.05, 4.69) is 10.1 Å². The minimum Gasteiger partial charge on any atom is -0.469 e. The van der Waals surface area contributed by atoms with Crippen LogP contribution in [0.25, 0.3) is 0 Å². The summed E-state index contributed by atoms with van der Waals surface area (Å²) >= 11 is 0. The van der Waals surface area contributed by atoms with Crippen LogP contribution in [-0.2, 0) is 19.0 Å². The van der Waals surface area contributed by atoms with Gasteiger partial charge in [-0.2, -0.15) is 0 Å². The molecule has 0 heterocycles. The molecule has 0 aromatic rings. The Morgan fingerprint density at radius 2 is 1.93 bits per heavy atom. The van der Waals surface area contributed by atoms with Gasteiger partial charge in [0.05, 0.1) is 26.7 Å². The van der Waals surface area contributed by atoms with Crippen LogP contribution in [0.15, 0.2) is 0 Å². The molecule has 0 fully saturated rings. The molecule has 1 N–H and O–H groups in total. The minimum atomic E-state index is -0.182. The first-order valence-electron chi connectivity index (χ1n) is 5.15. The Morgan fingerprint density at radius 3 is 2.60 bits per heavy atom. The maximum atomic E-state index is 10.7. The second-order valence-electron chi connectivity index (χ2n) is 3.03. The summed E-state index contributed by atoms with van der Waals surface area (Å²) in [5, 5.41) is 3.13. The quantitative estimate of drug-likeness (QED) is 0.420. The Hall–Kier alpha value is -0.650. The van der Waals surface area contributed by atoms with Crippen LogP contribution in [0.1, 0.15) is 12.8 Å². The van der Waals surface area contributed by atoms with Crippen molar-refractivity contribution in [2.45, 2.75) is 12.8 Å². The number of hydrogen-bond donors (Lipinski definition) is 1. The van der Waals surface area contributed by atoms with E-state index in [0.717, 1.165) is 13.0 Å². The predicted molar refractivity (Wildman–Crippen MR) is 56.8 cm³/mol. The standard InChI is InChI=1S/C10H21NO4/c1-13-8-9-15-7-3-5-11-6-4-10(12)14-2/h11H,3-9H2,1-2H3. The molecule has 0 unspecified atom stereocenters. The molecule has 15 heavy (non-hydrogen) atoms. The fraction of sp³-hybridized carbons (Fsp3) is 0.900. The van der Waals surface area contributed by atoms with Crippen LogP contribution in [0.2, 0.25) is 0 Å². The molecule has 0 radical (unpaired) electrons. The molecule has 5 heteroatoms. The smallest absolute Gasteiger partial charge is 0.306 e. The number of nitrogens with one attached hydrogen (secondary N) is 1. The molecule has 0 aliphatic carbocycles. The lowest BCUT2D eigenvalue weighted by atomic mass is 10.4. The average molecular weight is 219 g/mol. The fourth-order valence-electron chi connectivity index (χ4n) is 0.961. The number of methoxy groups -OCH3 is 2. The van der Waals surface area contributed by atoms with Crippen LogP contribution in [-0.4, -0.2) is 53.1 Å². The lowest BCUT2D eigenvalue weighted by molar-refractivity contribution is -0.140. The number of esters is 1. The van der Waals surface area contributed by atoms with Crippen molar-refractivity contribution in [2.24, 2.45) is 0 Å². The van der Waals surface area contributed by atoms with Gasteiger partial charge in [-0.25, -0.2) is 0 Å². The molecule has 90 valence electrons. The fourth-order valence-corrected chi connectivity index (χ4v) is 0.961. The summed E-state index contributed by atoms with van der Waals surface area (Å²) in [6.07, 6.45) is 1.35. The monoisotopic (exact) mass is 219 g/mol. The van der Waals surface area contributed by atoms with Crippen molar-refractivity contribution in [3.63, 3.8) is 0 Å². The van der Waals surface area contributed by atoms with E-state index in [1.807, 2.05) is 0 Å². The van der Waals surface area contributed by atoms with Crippen LogP contribution in [0.4, 0.5) is 0 Å². The Bertz CT molecular complexity index is 152. The molecule has 0 bridgehead atoms. The molecule has 0 aromatic carbocycles. The van der Waals surface area contributed by atoms with Gasteiger partial charge in [0.2, 0.25) is 0 Å². The maximum Gasteiger partial charge on any atom is 0.306 e. The molecule has 0 aromatic heterocycles. The Kier molecular flexibility index (Phi) is 10.9. The van der Waals surface area contributed by atoms with E-state index in [9.17, 15) is 4.79 Å². The average Bonchev–Trinajstić information content (AvgIpc) is 2.26. The van der Waals surface area contributed by atoms with Crippen LogP contribution >= 0.6 is 0 Å². The zero-order valence-electron chi connectivity index (χ0n) is 9.58. The molecule has 0 atom stereocenters. The summed E-state index contributed by atoms with van der Waals surface area (Å²) in [5.74, 6) is -0.182. The third-order valence-electron chi connectivity index (χ3n) is 1.81. The molecule has 0 amide bonds. The molecule has 0 saturated carbocycles. The number of carbonyl (C=O) groups is 1. The highest BCUT2D eigenvalue weighted by Crippen LogP contribution is 1.84. The lowest BCUT2D eigenvalue weighted by Crippen LogP contribution is -2.21. The number of rotatable bonds is 10. The zero-order valence-corrected chi connectivity index (χ0v) is 9.58. The van der Waals surface area contributed by atoms with Gasteiger partial charge in [-0.15, -0.1) is 0 Å². The van der Waals surface area contributed by atoms with E-state index >= 15 is 0 Å². The largest absolute Gasteiger partial charge is 0.469 e. The highest BCUT2D eigenvalue weighted by atomic mass is 16.5. The number of carbonyl (C=O) groups excluding carboxylic acids is 1. The van der Waals surface area contributed by atoms with E-state index in [-0.39, 0.29) is 5.97 Å². The van der Waals surface area contributed by atoms with Crippen molar-refractivity contribution in [3.8, 4) is 0 Å². The molecule has 0 aliphatic rings. The minimum absolute atomic E-state index is 0.182. The molecular weight excluding hydrogens is 198 g/mol. The van der Waals surface area contributed by atoms with E-state index in [1.165, 1.54) is 7.11 Å². The van der Waals surface area contributed by atoms with E-state index in [4.69, 9.17) is 9.47 Å². The first-order chi connectivity index (χ1) is 7.31. The first-order valence-corrected chi connectivity index (χ1v) is 5.15. The van der Waals surface area contributed by atoms with Crippen molar-refractivity contribution in [2.75, 3.05) is 47.1 Å². The highest BCUT2D eigenvalue weighted by Gasteiger charge is 1.97. The Morgan fingerprint density at radius 1 is 1.13 bits per heavy atom. The Balaban J connectivity index is 2.95. The molecular formula is C10H21NO4. The molecule has 0 rings (SSSR count). The second kappa shape index (κ2) is 11.4. The summed E-state index contributed by atoms with van der Waals surface area (Å²) in [4.78, 5) is 10.7. The van der Waals surface area contributed by atoms with Gasteiger partial charge in [0, 0.05) is 20.3 Å². The number of ether oxygens (including phenoxy) is 3. The number of hydrogen-bond acceptors (Lipinski definition) is 5. The van der Waals surface area contributed by atoms with Crippen molar-refractivity contribution in [1.82, 2.24) is 5.32 Å². The van der Waals surface area contributed by atoms with Crippen LogP contribution in [0, 0.1) is 0 Å². The van der Waals surface area contributed by atoms with Gasteiger partial charge in [0.15, 0.2) is 0 Å². The first kappa shape index (κ1) is 14.3. The summed E-state index contributed by atoms with van der Waals surface area (Å²) in [7, 11) is 3.05. The molecule has 5 nitrogen and oxygen atoms in total. The maximum absolute atomic E-state index is 10.7. The van der Waals surface area contributed by atoms with Gasteiger partial charge in [-0.1, -0.05) is 0 Å². The van der Waals surface area contributed by atoms with E-state index in [1.54, 1.807) is 7.11 Å². The summed E-state index contributed by atoms with van der Waals surface area (Å²) in [5.41, 5.74) is 0. The van der Waals surface area contributed by atoms with Crippen molar-refractivity contribution >= 4 is 5.97 Å². The van der Waals surface area contributed by atoms with Crippen LogP contribution in [0.3, 0.4) is 0 Å². The molecule has 0 spiro atoms. The predicted octanol–water partition coefficient (Wildman–Crippen LogP) is 0.192. The second-order valence-corrected chi connectivity index (χ2v) is 3.03. The van der Waals surface area contributed by atoms with Gasteiger partial charge >= 0.3 is 5.97 Å². The highest BCUT2D eigenvalue weighted by molar-refractivity contribution is 5.69. The van der Waals surface area contributed by atoms with Gasteiger partial charge in [0.25, 0.3) is 0 Å². The molecule has 0 saturated heterocycles. The van der Waals surface area contributed by atoms with Crippen molar-refractivity contribution in [1.29, 1.82) is 0 Å². The van der Waals surface area contributed by atoms with Gasteiger partial charge in [0.1, 0.15) is 0 Å². The Labute approximate surface area is 91.1 Å². The van der Waals surface area contributed by atoms with Crippen LogP contribution in [0.5, 0.6) is 0 Å². The SMILES string of the molecule is COCCOCCCNCCC(=O)OC. The molecule has 0 aliphatic heterocycles. The van der Waals surface area contributed by atoms with Gasteiger partial charge in [-0.05, 0) is 13.0 Å². The normalized spacial score (nSPS) is 10.3. The van der Waals surface area contributed by atoms with E-state index in [0.29, 0.717) is 32.8 Å². The summed E-state index contributed by atoms with van der Waals surface area (Å²) in [6, 6.07) is 0.